The van der Waals surface area contributed by atoms with Crippen molar-refractivity contribution < 1.29 is 14.6 Å². The van der Waals surface area contributed by atoms with E-state index in [9.17, 15) is 5.11 Å². The predicted molar refractivity (Wildman–Crippen MR) is 79.4 cm³/mol. The Morgan fingerprint density at radius 1 is 1.50 bits per heavy atom. The normalized spacial score (nSPS) is 19.6. The largest absolute Gasteiger partial charge is 0.497 e. The lowest BCUT2D eigenvalue weighted by Crippen LogP contribution is -2.30. The third kappa shape index (κ3) is 3.87. The molecule has 2 unspecified atom stereocenters. The highest BCUT2D eigenvalue weighted by atomic mass is 16.5. The van der Waals surface area contributed by atoms with Crippen molar-refractivity contribution in [2.24, 2.45) is 0 Å². The Balaban J connectivity index is 2.09. The van der Waals surface area contributed by atoms with Gasteiger partial charge in [-0.1, -0.05) is 13.3 Å². The van der Waals surface area contributed by atoms with Crippen LogP contribution >= 0.6 is 0 Å². The lowest BCUT2D eigenvalue weighted by atomic mass is 10.0. The molecule has 4 heteroatoms. The molecular formula is C16H25NO3. The molecule has 2 atom stereocenters. The molecule has 4 nitrogen and oxygen atoms in total. The number of fused-ring (bicyclic) bond motifs is 1. The number of methoxy groups -OCH3 is 1. The fourth-order valence-electron chi connectivity index (χ4n) is 2.61. The van der Waals surface area contributed by atoms with E-state index in [1.807, 2.05) is 18.2 Å². The summed E-state index contributed by atoms with van der Waals surface area (Å²) in [5.74, 6) is 1.76. The van der Waals surface area contributed by atoms with Gasteiger partial charge >= 0.3 is 0 Å². The van der Waals surface area contributed by atoms with Crippen molar-refractivity contribution in [3.05, 3.63) is 23.8 Å². The fourth-order valence-corrected chi connectivity index (χ4v) is 2.61. The summed E-state index contributed by atoms with van der Waals surface area (Å²) in [6, 6.07) is 6.14. The molecule has 1 aromatic carbocycles. The average molecular weight is 279 g/mol. The standard InChI is InChI=1S/C16H25NO3/c1-3-5-12(18)11-17-15-6-4-9-20-16-8-7-13(19-2)10-14(15)16/h7-8,10,12,15,17-18H,3-6,9,11H2,1-2H3. The van der Waals surface area contributed by atoms with Gasteiger partial charge in [0.1, 0.15) is 11.5 Å². The first-order chi connectivity index (χ1) is 9.74. The fraction of sp³-hybridized carbons (Fsp3) is 0.625. The van der Waals surface area contributed by atoms with Gasteiger partial charge in [-0.15, -0.1) is 0 Å². The van der Waals surface area contributed by atoms with Crippen LogP contribution in [0.5, 0.6) is 11.5 Å². The Hall–Kier alpha value is -1.26. The van der Waals surface area contributed by atoms with Crippen LogP contribution in [0.3, 0.4) is 0 Å². The third-order valence-corrected chi connectivity index (χ3v) is 3.71. The molecule has 1 aliphatic rings. The maximum absolute atomic E-state index is 9.88. The minimum atomic E-state index is -0.279. The Labute approximate surface area is 121 Å². The molecule has 1 aromatic rings. The van der Waals surface area contributed by atoms with Crippen molar-refractivity contribution >= 4 is 0 Å². The molecule has 112 valence electrons. The molecule has 0 saturated carbocycles. The van der Waals surface area contributed by atoms with Gasteiger partial charge in [-0.05, 0) is 37.5 Å². The van der Waals surface area contributed by atoms with Gasteiger partial charge in [0.25, 0.3) is 0 Å². The first kappa shape index (κ1) is 15.1. The van der Waals surface area contributed by atoms with Crippen LogP contribution < -0.4 is 14.8 Å². The highest BCUT2D eigenvalue weighted by Gasteiger charge is 2.20. The lowest BCUT2D eigenvalue weighted by Gasteiger charge is -2.21. The number of aliphatic hydroxyl groups excluding tert-OH is 1. The van der Waals surface area contributed by atoms with E-state index in [0.717, 1.165) is 49.4 Å². The highest BCUT2D eigenvalue weighted by Crippen LogP contribution is 2.34. The topological polar surface area (TPSA) is 50.7 Å². The minimum Gasteiger partial charge on any atom is -0.497 e. The molecule has 0 aliphatic carbocycles. The lowest BCUT2D eigenvalue weighted by molar-refractivity contribution is 0.155. The smallest absolute Gasteiger partial charge is 0.124 e. The summed E-state index contributed by atoms with van der Waals surface area (Å²) >= 11 is 0. The Kier molecular flexibility index (Phi) is 5.68. The summed E-state index contributed by atoms with van der Waals surface area (Å²) in [5, 5.41) is 13.3. The van der Waals surface area contributed by atoms with Crippen LogP contribution in [0.4, 0.5) is 0 Å². The number of aliphatic hydroxyl groups is 1. The van der Waals surface area contributed by atoms with Crippen molar-refractivity contribution in [2.75, 3.05) is 20.3 Å². The molecule has 2 rings (SSSR count). The quantitative estimate of drug-likeness (QED) is 0.840. The Bertz CT molecular complexity index is 422. The van der Waals surface area contributed by atoms with Gasteiger partial charge < -0.3 is 19.9 Å². The second-order valence-electron chi connectivity index (χ2n) is 5.30. The number of ether oxygens (including phenoxy) is 2. The number of benzene rings is 1. The molecule has 0 spiro atoms. The van der Waals surface area contributed by atoms with E-state index in [-0.39, 0.29) is 12.1 Å². The van der Waals surface area contributed by atoms with Crippen LogP contribution in [-0.4, -0.2) is 31.5 Å². The van der Waals surface area contributed by atoms with Crippen molar-refractivity contribution in [3.63, 3.8) is 0 Å². The molecule has 2 N–H and O–H groups in total. The van der Waals surface area contributed by atoms with Gasteiger partial charge in [-0.2, -0.15) is 0 Å². The number of hydrogen-bond donors (Lipinski definition) is 2. The first-order valence-corrected chi connectivity index (χ1v) is 7.46. The molecule has 0 bridgehead atoms. The second-order valence-corrected chi connectivity index (χ2v) is 5.30. The van der Waals surface area contributed by atoms with Crippen LogP contribution in [0.2, 0.25) is 0 Å². The highest BCUT2D eigenvalue weighted by molar-refractivity contribution is 5.42. The molecule has 0 fully saturated rings. The van der Waals surface area contributed by atoms with Gasteiger partial charge in [0.2, 0.25) is 0 Å². The Morgan fingerprint density at radius 3 is 3.10 bits per heavy atom. The van der Waals surface area contributed by atoms with Crippen LogP contribution in [-0.2, 0) is 0 Å². The van der Waals surface area contributed by atoms with E-state index >= 15 is 0 Å². The summed E-state index contributed by atoms with van der Waals surface area (Å²) in [6.07, 6.45) is 3.58. The minimum absolute atomic E-state index is 0.217. The van der Waals surface area contributed by atoms with E-state index in [2.05, 4.69) is 12.2 Å². The maximum Gasteiger partial charge on any atom is 0.124 e. The molecule has 1 heterocycles. The predicted octanol–water partition coefficient (Wildman–Crippen LogP) is 2.66. The zero-order valence-electron chi connectivity index (χ0n) is 12.4. The monoisotopic (exact) mass is 279 g/mol. The van der Waals surface area contributed by atoms with Gasteiger partial charge in [0.15, 0.2) is 0 Å². The SMILES string of the molecule is CCCC(O)CNC1CCCOc2ccc(OC)cc21. The van der Waals surface area contributed by atoms with E-state index in [1.54, 1.807) is 7.11 Å². The van der Waals surface area contributed by atoms with E-state index in [0.29, 0.717) is 6.54 Å². The van der Waals surface area contributed by atoms with Crippen molar-refractivity contribution in [1.29, 1.82) is 0 Å². The third-order valence-electron chi connectivity index (χ3n) is 3.71. The molecule has 0 aromatic heterocycles. The van der Waals surface area contributed by atoms with Crippen LogP contribution in [0, 0.1) is 0 Å². The van der Waals surface area contributed by atoms with Crippen molar-refractivity contribution in [3.8, 4) is 11.5 Å². The summed E-state index contributed by atoms with van der Waals surface area (Å²) in [4.78, 5) is 0. The summed E-state index contributed by atoms with van der Waals surface area (Å²) in [7, 11) is 1.67. The number of rotatable bonds is 6. The molecule has 0 amide bonds. The van der Waals surface area contributed by atoms with E-state index in [4.69, 9.17) is 9.47 Å². The van der Waals surface area contributed by atoms with E-state index in [1.165, 1.54) is 0 Å². The second kappa shape index (κ2) is 7.50. The van der Waals surface area contributed by atoms with Gasteiger partial charge in [0, 0.05) is 18.2 Å². The van der Waals surface area contributed by atoms with Crippen molar-refractivity contribution in [1.82, 2.24) is 5.32 Å². The van der Waals surface area contributed by atoms with Crippen LogP contribution in [0.25, 0.3) is 0 Å². The molecule has 20 heavy (non-hydrogen) atoms. The maximum atomic E-state index is 9.88. The van der Waals surface area contributed by atoms with Crippen LogP contribution in [0.1, 0.15) is 44.2 Å². The number of nitrogens with one attached hydrogen (secondary N) is 1. The van der Waals surface area contributed by atoms with E-state index < -0.39 is 0 Å². The zero-order valence-corrected chi connectivity index (χ0v) is 12.4. The summed E-state index contributed by atoms with van der Waals surface area (Å²) < 4.78 is 11.1. The van der Waals surface area contributed by atoms with Crippen molar-refractivity contribution in [2.45, 2.75) is 44.8 Å². The zero-order chi connectivity index (χ0) is 14.4. The first-order valence-electron chi connectivity index (χ1n) is 7.46. The van der Waals surface area contributed by atoms with Gasteiger partial charge in [-0.3, -0.25) is 0 Å². The summed E-state index contributed by atoms with van der Waals surface area (Å²) in [6.45, 7) is 3.45. The van der Waals surface area contributed by atoms with Gasteiger partial charge in [0.05, 0.1) is 19.8 Å². The van der Waals surface area contributed by atoms with Gasteiger partial charge in [-0.25, -0.2) is 0 Å². The average Bonchev–Trinajstić information content (AvgIpc) is 2.67. The molecule has 0 radical (unpaired) electrons. The number of hydrogen-bond acceptors (Lipinski definition) is 4. The molecule has 1 aliphatic heterocycles. The van der Waals surface area contributed by atoms with Crippen LogP contribution in [0.15, 0.2) is 18.2 Å². The molecular weight excluding hydrogens is 254 g/mol. The molecule has 0 saturated heterocycles. The summed E-state index contributed by atoms with van der Waals surface area (Å²) in [5.41, 5.74) is 1.13. The Morgan fingerprint density at radius 2 is 2.35 bits per heavy atom.